The number of hydrogen-bond acceptors (Lipinski definition) is 3. The Hall–Kier alpha value is -1.82. The molecule has 21 heavy (non-hydrogen) atoms. The number of benzene rings is 1. The van der Waals surface area contributed by atoms with Gasteiger partial charge in [-0.3, -0.25) is 9.59 Å². The molecule has 112 valence electrons. The standard InChI is InChI=1S/C15H16BrNO4/c1-3-17(8-9(2)15(19)20)14(18)12-7-10-5-4-6-11(16)13(10)21-12/h4-7,9H,3,8H2,1-2H3,(H,19,20). The van der Waals surface area contributed by atoms with Crippen LogP contribution in [0.5, 0.6) is 0 Å². The van der Waals surface area contributed by atoms with Crippen molar-refractivity contribution in [3.63, 3.8) is 0 Å². The van der Waals surface area contributed by atoms with Crippen LogP contribution in [-0.2, 0) is 4.79 Å². The van der Waals surface area contributed by atoms with E-state index in [1.54, 1.807) is 13.0 Å². The van der Waals surface area contributed by atoms with Crippen LogP contribution in [0.25, 0.3) is 11.0 Å². The first-order valence-electron chi connectivity index (χ1n) is 6.64. The lowest BCUT2D eigenvalue weighted by molar-refractivity contribution is -0.141. The van der Waals surface area contributed by atoms with E-state index in [1.165, 1.54) is 4.90 Å². The molecule has 1 aromatic heterocycles. The highest BCUT2D eigenvalue weighted by molar-refractivity contribution is 9.10. The normalized spacial score (nSPS) is 12.3. The van der Waals surface area contributed by atoms with Crippen LogP contribution in [0.4, 0.5) is 0 Å². The van der Waals surface area contributed by atoms with E-state index in [-0.39, 0.29) is 18.2 Å². The number of fused-ring (bicyclic) bond motifs is 1. The number of carboxylic acids is 1. The van der Waals surface area contributed by atoms with Gasteiger partial charge in [-0.25, -0.2) is 0 Å². The molecule has 1 unspecified atom stereocenters. The minimum absolute atomic E-state index is 0.156. The third kappa shape index (κ3) is 3.26. The molecule has 0 radical (unpaired) electrons. The van der Waals surface area contributed by atoms with Crippen molar-refractivity contribution < 1.29 is 19.1 Å². The first-order valence-corrected chi connectivity index (χ1v) is 7.43. The fourth-order valence-corrected chi connectivity index (χ4v) is 2.52. The van der Waals surface area contributed by atoms with Crippen LogP contribution in [0.2, 0.25) is 0 Å². The van der Waals surface area contributed by atoms with E-state index in [2.05, 4.69) is 15.9 Å². The predicted octanol–water partition coefficient (Wildman–Crippen LogP) is 3.38. The number of hydrogen-bond donors (Lipinski definition) is 1. The second-order valence-corrected chi connectivity index (χ2v) is 5.71. The Bertz CT molecular complexity index is 679. The summed E-state index contributed by atoms with van der Waals surface area (Å²) in [5, 5.41) is 9.79. The van der Waals surface area contributed by atoms with Crippen molar-refractivity contribution in [3.05, 3.63) is 34.5 Å². The molecule has 0 saturated heterocycles. The number of nitrogens with zero attached hydrogens (tertiary/aromatic N) is 1. The van der Waals surface area contributed by atoms with E-state index < -0.39 is 11.9 Å². The van der Waals surface area contributed by atoms with Crippen molar-refractivity contribution >= 4 is 38.8 Å². The molecule has 6 heteroatoms. The number of carbonyl (C=O) groups is 2. The maximum atomic E-state index is 12.4. The molecule has 0 aliphatic heterocycles. The molecule has 1 heterocycles. The van der Waals surface area contributed by atoms with Gasteiger partial charge in [-0.05, 0) is 35.0 Å². The maximum Gasteiger partial charge on any atom is 0.308 e. The number of furan rings is 1. The van der Waals surface area contributed by atoms with Crippen molar-refractivity contribution in [1.29, 1.82) is 0 Å². The summed E-state index contributed by atoms with van der Waals surface area (Å²) in [4.78, 5) is 24.8. The fraction of sp³-hybridized carbons (Fsp3) is 0.333. The molecule has 2 rings (SSSR count). The molecule has 0 saturated carbocycles. The van der Waals surface area contributed by atoms with Crippen molar-refractivity contribution in [2.45, 2.75) is 13.8 Å². The number of carbonyl (C=O) groups excluding carboxylic acids is 1. The number of amides is 1. The van der Waals surface area contributed by atoms with Crippen LogP contribution in [0.3, 0.4) is 0 Å². The number of aliphatic carboxylic acids is 1. The molecule has 1 N–H and O–H groups in total. The lowest BCUT2D eigenvalue weighted by Gasteiger charge is -2.21. The van der Waals surface area contributed by atoms with Gasteiger partial charge in [-0.15, -0.1) is 0 Å². The number of halogens is 1. The van der Waals surface area contributed by atoms with E-state index in [9.17, 15) is 9.59 Å². The zero-order valence-electron chi connectivity index (χ0n) is 11.8. The van der Waals surface area contributed by atoms with Crippen LogP contribution in [-0.4, -0.2) is 35.0 Å². The third-order valence-corrected chi connectivity index (χ3v) is 3.92. The average molecular weight is 354 g/mol. The summed E-state index contributed by atoms with van der Waals surface area (Å²) >= 11 is 3.38. The molecular formula is C15H16BrNO4. The molecule has 2 aromatic rings. The summed E-state index contributed by atoms with van der Waals surface area (Å²) in [6, 6.07) is 7.23. The quantitative estimate of drug-likeness (QED) is 0.894. The Balaban J connectivity index is 2.27. The molecule has 5 nitrogen and oxygen atoms in total. The SMILES string of the molecule is CCN(CC(C)C(=O)O)C(=O)c1cc2cccc(Br)c2o1. The summed E-state index contributed by atoms with van der Waals surface area (Å²) in [5.41, 5.74) is 0.614. The highest BCUT2D eigenvalue weighted by Gasteiger charge is 2.23. The monoisotopic (exact) mass is 353 g/mol. The number of para-hydroxylation sites is 1. The molecule has 1 aromatic carbocycles. The minimum atomic E-state index is -0.923. The first kappa shape index (κ1) is 15.6. The van der Waals surface area contributed by atoms with Crippen molar-refractivity contribution in [2.75, 3.05) is 13.1 Å². The van der Waals surface area contributed by atoms with Crippen molar-refractivity contribution in [2.24, 2.45) is 5.92 Å². The molecule has 1 atom stereocenters. The van der Waals surface area contributed by atoms with Gasteiger partial charge in [0, 0.05) is 18.5 Å². The first-order chi connectivity index (χ1) is 9.93. The Morgan fingerprint density at radius 1 is 1.43 bits per heavy atom. The van der Waals surface area contributed by atoms with E-state index in [4.69, 9.17) is 9.52 Å². The molecular weight excluding hydrogens is 338 g/mol. The van der Waals surface area contributed by atoms with Crippen LogP contribution in [0, 0.1) is 5.92 Å². The van der Waals surface area contributed by atoms with Gasteiger partial charge in [-0.1, -0.05) is 19.1 Å². The zero-order chi connectivity index (χ0) is 15.6. The molecule has 0 aliphatic rings. The number of carboxylic acid groups (broad SMARTS) is 1. The smallest absolute Gasteiger partial charge is 0.308 e. The second-order valence-electron chi connectivity index (χ2n) is 4.85. The van der Waals surface area contributed by atoms with Crippen molar-refractivity contribution in [3.8, 4) is 0 Å². The van der Waals surface area contributed by atoms with Crippen molar-refractivity contribution in [1.82, 2.24) is 4.90 Å². The fourth-order valence-electron chi connectivity index (χ4n) is 2.05. The van der Waals surface area contributed by atoms with E-state index in [0.29, 0.717) is 12.1 Å². The van der Waals surface area contributed by atoms with E-state index in [1.807, 2.05) is 25.1 Å². The van der Waals surface area contributed by atoms with Crippen LogP contribution >= 0.6 is 15.9 Å². The molecule has 0 bridgehead atoms. The van der Waals surface area contributed by atoms with Gasteiger partial charge in [0.25, 0.3) is 5.91 Å². The highest BCUT2D eigenvalue weighted by Crippen LogP contribution is 2.27. The lowest BCUT2D eigenvalue weighted by atomic mass is 10.1. The third-order valence-electron chi connectivity index (χ3n) is 3.29. The Labute approximate surface area is 130 Å². The second kappa shape index (κ2) is 6.30. The van der Waals surface area contributed by atoms with Crippen LogP contribution in [0.15, 0.2) is 33.2 Å². The Morgan fingerprint density at radius 3 is 2.71 bits per heavy atom. The molecule has 0 spiro atoms. The highest BCUT2D eigenvalue weighted by atomic mass is 79.9. The summed E-state index contributed by atoms with van der Waals surface area (Å²) in [5.74, 6) is -1.62. The summed E-state index contributed by atoms with van der Waals surface area (Å²) in [6.07, 6.45) is 0. The zero-order valence-corrected chi connectivity index (χ0v) is 13.4. The topological polar surface area (TPSA) is 70.8 Å². The summed E-state index contributed by atoms with van der Waals surface area (Å²) in [6.45, 7) is 3.97. The van der Waals surface area contributed by atoms with Gasteiger partial charge >= 0.3 is 5.97 Å². The van der Waals surface area contributed by atoms with Gasteiger partial charge in [0.2, 0.25) is 0 Å². The van der Waals surface area contributed by atoms with Gasteiger partial charge < -0.3 is 14.4 Å². The van der Waals surface area contributed by atoms with Gasteiger partial charge in [0.15, 0.2) is 5.76 Å². The predicted molar refractivity (Wildman–Crippen MR) is 82.3 cm³/mol. The van der Waals surface area contributed by atoms with Crippen LogP contribution in [0.1, 0.15) is 24.4 Å². The molecule has 1 amide bonds. The largest absolute Gasteiger partial charge is 0.481 e. The minimum Gasteiger partial charge on any atom is -0.481 e. The lowest BCUT2D eigenvalue weighted by Crippen LogP contribution is -2.36. The summed E-state index contributed by atoms with van der Waals surface area (Å²) < 4.78 is 6.38. The maximum absolute atomic E-state index is 12.4. The number of rotatable bonds is 5. The molecule has 0 aliphatic carbocycles. The van der Waals surface area contributed by atoms with E-state index in [0.717, 1.165) is 9.86 Å². The van der Waals surface area contributed by atoms with Gasteiger partial charge in [0.05, 0.1) is 10.4 Å². The van der Waals surface area contributed by atoms with E-state index >= 15 is 0 Å². The molecule has 0 fully saturated rings. The van der Waals surface area contributed by atoms with Gasteiger partial charge in [-0.2, -0.15) is 0 Å². The summed E-state index contributed by atoms with van der Waals surface area (Å²) in [7, 11) is 0. The average Bonchev–Trinajstić information content (AvgIpc) is 2.89. The van der Waals surface area contributed by atoms with Crippen LogP contribution < -0.4 is 0 Å². The van der Waals surface area contributed by atoms with Gasteiger partial charge in [0.1, 0.15) is 5.58 Å². The Kier molecular flexibility index (Phi) is 4.67. The Morgan fingerprint density at radius 2 is 2.14 bits per heavy atom.